The van der Waals surface area contributed by atoms with Crippen molar-refractivity contribution in [3.63, 3.8) is 0 Å². The number of carboxylic acids is 1. The molecule has 2 heterocycles. The number of aryl methyl sites for hydroxylation is 2. The SMILES string of the molecule is O=C(O)c1cccc2c1ncn2CCn1cccn1. The third-order valence-corrected chi connectivity index (χ3v) is 3.01. The molecule has 96 valence electrons. The van der Waals surface area contributed by atoms with Crippen LogP contribution in [0.4, 0.5) is 0 Å². The van der Waals surface area contributed by atoms with Crippen LogP contribution in [0.15, 0.2) is 43.0 Å². The first-order valence-corrected chi connectivity index (χ1v) is 5.90. The number of imidazole rings is 1. The summed E-state index contributed by atoms with van der Waals surface area (Å²) in [5.74, 6) is -0.956. The minimum atomic E-state index is -0.956. The summed E-state index contributed by atoms with van der Waals surface area (Å²) in [6, 6.07) is 7.04. The standard InChI is InChI=1S/C13H12N4O2/c18-13(19)10-3-1-4-11-12(10)14-9-16(11)7-8-17-6-2-5-15-17/h1-6,9H,7-8H2,(H,18,19). The molecule has 0 amide bonds. The lowest BCUT2D eigenvalue weighted by molar-refractivity contribution is 0.0699. The summed E-state index contributed by atoms with van der Waals surface area (Å²) in [6.45, 7) is 1.41. The number of nitrogens with zero attached hydrogens (tertiary/aromatic N) is 4. The highest BCUT2D eigenvalue weighted by Gasteiger charge is 2.12. The highest BCUT2D eigenvalue weighted by atomic mass is 16.4. The molecular weight excluding hydrogens is 244 g/mol. The van der Waals surface area contributed by atoms with E-state index in [0.29, 0.717) is 12.1 Å². The van der Waals surface area contributed by atoms with Crippen molar-refractivity contribution in [1.82, 2.24) is 19.3 Å². The third-order valence-electron chi connectivity index (χ3n) is 3.01. The molecule has 0 saturated carbocycles. The molecule has 0 bridgehead atoms. The Hall–Kier alpha value is -2.63. The van der Waals surface area contributed by atoms with Gasteiger partial charge in [-0.25, -0.2) is 9.78 Å². The van der Waals surface area contributed by atoms with Crippen LogP contribution in [0.1, 0.15) is 10.4 Å². The molecule has 0 radical (unpaired) electrons. The fourth-order valence-electron chi connectivity index (χ4n) is 2.08. The maximum Gasteiger partial charge on any atom is 0.337 e. The summed E-state index contributed by atoms with van der Waals surface area (Å²) in [5.41, 5.74) is 1.58. The van der Waals surface area contributed by atoms with Crippen LogP contribution in [-0.4, -0.2) is 30.4 Å². The predicted molar refractivity (Wildman–Crippen MR) is 68.9 cm³/mol. The number of hydrogen-bond acceptors (Lipinski definition) is 3. The number of benzene rings is 1. The topological polar surface area (TPSA) is 72.9 Å². The second-order valence-electron chi connectivity index (χ2n) is 4.19. The molecular formula is C13H12N4O2. The molecule has 0 unspecified atom stereocenters. The average molecular weight is 256 g/mol. The number of carbonyl (C=O) groups is 1. The van der Waals surface area contributed by atoms with E-state index in [-0.39, 0.29) is 5.56 Å². The van der Waals surface area contributed by atoms with E-state index in [0.717, 1.165) is 12.1 Å². The van der Waals surface area contributed by atoms with Crippen molar-refractivity contribution in [3.05, 3.63) is 48.5 Å². The van der Waals surface area contributed by atoms with Gasteiger partial charge in [-0.15, -0.1) is 0 Å². The minimum Gasteiger partial charge on any atom is -0.478 e. The van der Waals surface area contributed by atoms with E-state index in [1.54, 1.807) is 24.7 Å². The quantitative estimate of drug-likeness (QED) is 0.770. The summed E-state index contributed by atoms with van der Waals surface area (Å²) >= 11 is 0. The molecule has 6 heteroatoms. The van der Waals surface area contributed by atoms with E-state index in [4.69, 9.17) is 5.11 Å². The highest BCUT2D eigenvalue weighted by Crippen LogP contribution is 2.17. The number of aromatic carboxylic acids is 1. The molecule has 0 fully saturated rings. The molecule has 0 saturated heterocycles. The normalized spacial score (nSPS) is 10.9. The Balaban J connectivity index is 1.92. The molecule has 3 aromatic rings. The van der Waals surface area contributed by atoms with Crippen molar-refractivity contribution in [2.75, 3.05) is 0 Å². The maximum atomic E-state index is 11.1. The average Bonchev–Trinajstić information content (AvgIpc) is 3.05. The molecule has 0 aliphatic carbocycles. The van der Waals surface area contributed by atoms with E-state index in [1.165, 1.54) is 0 Å². The second kappa shape index (κ2) is 4.56. The molecule has 1 aromatic carbocycles. The highest BCUT2D eigenvalue weighted by molar-refractivity contribution is 6.00. The van der Waals surface area contributed by atoms with Gasteiger partial charge in [0, 0.05) is 18.9 Å². The second-order valence-corrected chi connectivity index (χ2v) is 4.19. The van der Waals surface area contributed by atoms with Crippen molar-refractivity contribution in [3.8, 4) is 0 Å². The summed E-state index contributed by atoms with van der Waals surface area (Å²) in [4.78, 5) is 15.3. The zero-order valence-corrected chi connectivity index (χ0v) is 10.1. The largest absolute Gasteiger partial charge is 0.478 e. The summed E-state index contributed by atoms with van der Waals surface area (Å²) < 4.78 is 3.76. The van der Waals surface area contributed by atoms with Crippen LogP contribution < -0.4 is 0 Å². The maximum absolute atomic E-state index is 11.1. The van der Waals surface area contributed by atoms with E-state index in [9.17, 15) is 4.79 Å². The Labute approximate surface area is 108 Å². The van der Waals surface area contributed by atoms with Crippen LogP contribution in [0.3, 0.4) is 0 Å². The van der Waals surface area contributed by atoms with Crippen molar-refractivity contribution in [2.45, 2.75) is 13.1 Å². The van der Waals surface area contributed by atoms with Gasteiger partial charge in [0.2, 0.25) is 0 Å². The van der Waals surface area contributed by atoms with Gasteiger partial charge < -0.3 is 9.67 Å². The molecule has 6 nitrogen and oxygen atoms in total. The Morgan fingerprint density at radius 3 is 2.89 bits per heavy atom. The molecule has 3 rings (SSSR count). The predicted octanol–water partition coefficient (Wildman–Crippen LogP) is 1.63. The van der Waals surface area contributed by atoms with Crippen LogP contribution in [0.25, 0.3) is 11.0 Å². The molecule has 0 spiro atoms. The van der Waals surface area contributed by atoms with Gasteiger partial charge in [-0.2, -0.15) is 5.10 Å². The van der Waals surface area contributed by atoms with Gasteiger partial charge in [-0.3, -0.25) is 4.68 Å². The number of hydrogen-bond donors (Lipinski definition) is 1. The van der Waals surface area contributed by atoms with Gasteiger partial charge in [0.15, 0.2) is 0 Å². The van der Waals surface area contributed by atoms with Gasteiger partial charge in [0.05, 0.1) is 24.0 Å². The zero-order valence-electron chi connectivity index (χ0n) is 10.1. The van der Waals surface area contributed by atoms with Crippen LogP contribution >= 0.6 is 0 Å². The number of carboxylic acid groups (broad SMARTS) is 1. The van der Waals surface area contributed by atoms with Crippen LogP contribution in [-0.2, 0) is 13.1 Å². The molecule has 0 aliphatic heterocycles. The van der Waals surface area contributed by atoms with Gasteiger partial charge >= 0.3 is 5.97 Å². The molecule has 0 aliphatic rings. The Bertz CT molecular complexity index is 715. The first kappa shape index (κ1) is 11.5. The minimum absolute atomic E-state index is 0.232. The van der Waals surface area contributed by atoms with Crippen molar-refractivity contribution in [2.24, 2.45) is 0 Å². The van der Waals surface area contributed by atoms with E-state index in [2.05, 4.69) is 10.1 Å². The Kier molecular flexibility index (Phi) is 2.75. The Morgan fingerprint density at radius 1 is 1.26 bits per heavy atom. The smallest absolute Gasteiger partial charge is 0.337 e. The third kappa shape index (κ3) is 2.08. The first-order valence-electron chi connectivity index (χ1n) is 5.90. The lowest BCUT2D eigenvalue weighted by Gasteiger charge is -2.05. The number of para-hydroxylation sites is 1. The molecule has 1 N–H and O–H groups in total. The molecule has 2 aromatic heterocycles. The van der Waals surface area contributed by atoms with Crippen LogP contribution in [0, 0.1) is 0 Å². The number of aromatic nitrogens is 4. The van der Waals surface area contributed by atoms with Crippen LogP contribution in [0.2, 0.25) is 0 Å². The van der Waals surface area contributed by atoms with E-state index in [1.807, 2.05) is 27.6 Å². The van der Waals surface area contributed by atoms with Crippen molar-refractivity contribution in [1.29, 1.82) is 0 Å². The van der Waals surface area contributed by atoms with E-state index < -0.39 is 5.97 Å². The fraction of sp³-hybridized carbons (Fsp3) is 0.154. The van der Waals surface area contributed by atoms with Gasteiger partial charge in [0.25, 0.3) is 0 Å². The zero-order chi connectivity index (χ0) is 13.2. The van der Waals surface area contributed by atoms with Gasteiger partial charge in [-0.05, 0) is 18.2 Å². The summed E-state index contributed by atoms with van der Waals surface area (Å²) in [6.07, 6.45) is 5.29. The van der Waals surface area contributed by atoms with Crippen molar-refractivity contribution >= 4 is 17.0 Å². The lowest BCUT2D eigenvalue weighted by Crippen LogP contribution is -2.07. The van der Waals surface area contributed by atoms with Gasteiger partial charge in [-0.1, -0.05) is 6.07 Å². The monoisotopic (exact) mass is 256 g/mol. The number of fused-ring (bicyclic) bond motifs is 1. The first-order chi connectivity index (χ1) is 9.25. The molecule has 0 atom stereocenters. The molecule has 19 heavy (non-hydrogen) atoms. The van der Waals surface area contributed by atoms with E-state index >= 15 is 0 Å². The van der Waals surface area contributed by atoms with Crippen LogP contribution in [0.5, 0.6) is 0 Å². The Morgan fingerprint density at radius 2 is 2.16 bits per heavy atom. The summed E-state index contributed by atoms with van der Waals surface area (Å²) in [5, 5.41) is 13.2. The summed E-state index contributed by atoms with van der Waals surface area (Å²) in [7, 11) is 0. The number of rotatable bonds is 4. The van der Waals surface area contributed by atoms with Crippen molar-refractivity contribution < 1.29 is 9.90 Å². The lowest BCUT2D eigenvalue weighted by atomic mass is 10.2. The van der Waals surface area contributed by atoms with Gasteiger partial charge in [0.1, 0.15) is 5.52 Å². The fourth-order valence-corrected chi connectivity index (χ4v) is 2.08.